The van der Waals surface area contributed by atoms with Gasteiger partial charge in [-0.15, -0.1) is 0 Å². The summed E-state index contributed by atoms with van der Waals surface area (Å²) in [6.45, 7) is 1.98. The number of rotatable bonds is 3. The van der Waals surface area contributed by atoms with E-state index in [1.54, 1.807) is 12.1 Å². The predicted molar refractivity (Wildman–Crippen MR) is 86.1 cm³/mol. The molecule has 2 rings (SSSR count). The van der Waals surface area contributed by atoms with Crippen molar-refractivity contribution in [1.82, 2.24) is 0 Å². The van der Waals surface area contributed by atoms with Crippen molar-refractivity contribution >= 4 is 42.8 Å². The summed E-state index contributed by atoms with van der Waals surface area (Å²) in [5.41, 5.74) is 8.65. The number of nitrogens with one attached hydrogen (secondary N) is 1. The van der Waals surface area contributed by atoms with E-state index >= 15 is 0 Å². The fourth-order valence-electron chi connectivity index (χ4n) is 1.87. The Morgan fingerprint density at radius 1 is 1.10 bits per heavy atom. The molecule has 106 valence electrons. The standard InChI is InChI=1S/C14H15BrN2O2S/c1-9-5-3-6-10(13(9)15)17-11-7-4-8-12(14(11)16)20(2,18)19/h3-8,17H,16H2,1-2H3. The van der Waals surface area contributed by atoms with Crippen LogP contribution in [-0.2, 0) is 9.84 Å². The Bertz CT molecular complexity index is 758. The molecule has 6 heteroatoms. The minimum atomic E-state index is -3.34. The van der Waals surface area contributed by atoms with Crippen molar-refractivity contribution in [2.24, 2.45) is 0 Å². The first-order valence-corrected chi connectivity index (χ1v) is 8.60. The van der Waals surface area contributed by atoms with Crippen LogP contribution in [0, 0.1) is 6.92 Å². The largest absolute Gasteiger partial charge is 0.396 e. The van der Waals surface area contributed by atoms with E-state index in [1.807, 2.05) is 25.1 Å². The van der Waals surface area contributed by atoms with E-state index in [2.05, 4.69) is 21.2 Å². The molecule has 3 N–H and O–H groups in total. The van der Waals surface area contributed by atoms with Crippen molar-refractivity contribution in [2.75, 3.05) is 17.3 Å². The van der Waals surface area contributed by atoms with Crippen LogP contribution in [0.2, 0.25) is 0 Å². The van der Waals surface area contributed by atoms with Crippen LogP contribution in [-0.4, -0.2) is 14.7 Å². The predicted octanol–water partition coefficient (Wildman–Crippen LogP) is 3.49. The van der Waals surface area contributed by atoms with Gasteiger partial charge in [0.05, 0.1) is 22.0 Å². The number of benzene rings is 2. The number of sulfone groups is 1. The minimum Gasteiger partial charge on any atom is -0.396 e. The van der Waals surface area contributed by atoms with Crippen molar-refractivity contribution in [3.8, 4) is 0 Å². The number of para-hydroxylation sites is 1. The molecule has 0 fully saturated rings. The molecule has 2 aromatic carbocycles. The maximum atomic E-state index is 11.7. The monoisotopic (exact) mass is 354 g/mol. The molecule has 0 aliphatic carbocycles. The van der Waals surface area contributed by atoms with E-state index in [1.165, 1.54) is 6.07 Å². The molecule has 0 atom stereocenters. The van der Waals surface area contributed by atoms with Crippen molar-refractivity contribution in [3.63, 3.8) is 0 Å². The molecule has 0 bridgehead atoms. The van der Waals surface area contributed by atoms with E-state index in [9.17, 15) is 8.42 Å². The van der Waals surface area contributed by atoms with Gasteiger partial charge in [0.15, 0.2) is 9.84 Å². The van der Waals surface area contributed by atoms with Gasteiger partial charge in [-0.3, -0.25) is 0 Å². The molecule has 0 unspecified atom stereocenters. The topological polar surface area (TPSA) is 72.2 Å². The van der Waals surface area contributed by atoms with Crippen molar-refractivity contribution < 1.29 is 8.42 Å². The quantitative estimate of drug-likeness (QED) is 0.827. The summed E-state index contributed by atoms with van der Waals surface area (Å²) in [7, 11) is -3.34. The van der Waals surface area contributed by atoms with Gasteiger partial charge in [-0.2, -0.15) is 0 Å². The summed E-state index contributed by atoms with van der Waals surface area (Å²) in [4.78, 5) is 0.131. The van der Waals surface area contributed by atoms with E-state index in [0.717, 1.165) is 22.0 Å². The van der Waals surface area contributed by atoms with Gasteiger partial charge in [0.2, 0.25) is 0 Å². The number of hydrogen-bond donors (Lipinski definition) is 2. The lowest BCUT2D eigenvalue weighted by Crippen LogP contribution is -2.05. The van der Waals surface area contributed by atoms with Crippen LogP contribution < -0.4 is 11.1 Å². The Morgan fingerprint density at radius 2 is 1.70 bits per heavy atom. The number of nitrogen functional groups attached to an aromatic ring is 1. The Labute approximate surface area is 127 Å². The molecule has 0 heterocycles. The van der Waals surface area contributed by atoms with Gasteiger partial charge in [0.1, 0.15) is 0 Å². The molecule has 0 saturated heterocycles. The van der Waals surface area contributed by atoms with Gasteiger partial charge in [0.25, 0.3) is 0 Å². The first-order valence-electron chi connectivity index (χ1n) is 5.91. The van der Waals surface area contributed by atoms with Crippen molar-refractivity contribution in [1.29, 1.82) is 0 Å². The molecule has 2 aromatic rings. The fourth-order valence-corrected chi connectivity index (χ4v) is 3.06. The van der Waals surface area contributed by atoms with Crippen LogP contribution in [0.3, 0.4) is 0 Å². The average molecular weight is 355 g/mol. The van der Waals surface area contributed by atoms with Crippen molar-refractivity contribution in [2.45, 2.75) is 11.8 Å². The summed E-state index contributed by atoms with van der Waals surface area (Å²) in [6.07, 6.45) is 1.14. The smallest absolute Gasteiger partial charge is 0.177 e. The SMILES string of the molecule is Cc1cccc(Nc2cccc(S(C)(=O)=O)c2N)c1Br. The van der Waals surface area contributed by atoms with E-state index in [0.29, 0.717) is 5.69 Å². The summed E-state index contributed by atoms with van der Waals surface area (Å²) in [5, 5.41) is 3.16. The van der Waals surface area contributed by atoms with Gasteiger partial charge < -0.3 is 11.1 Å². The molecule has 0 aliphatic rings. The third kappa shape index (κ3) is 2.96. The molecule has 4 nitrogen and oxygen atoms in total. The second-order valence-electron chi connectivity index (χ2n) is 4.55. The molecule has 0 amide bonds. The third-order valence-electron chi connectivity index (χ3n) is 2.93. The van der Waals surface area contributed by atoms with Crippen molar-refractivity contribution in [3.05, 3.63) is 46.4 Å². The highest BCUT2D eigenvalue weighted by molar-refractivity contribution is 9.10. The van der Waals surface area contributed by atoms with Gasteiger partial charge >= 0.3 is 0 Å². The summed E-state index contributed by atoms with van der Waals surface area (Å²) >= 11 is 3.50. The number of anilines is 3. The second kappa shape index (κ2) is 5.46. The molecule has 0 aromatic heterocycles. The van der Waals surface area contributed by atoms with Crippen LogP contribution in [0.15, 0.2) is 45.8 Å². The Morgan fingerprint density at radius 3 is 2.35 bits per heavy atom. The third-order valence-corrected chi connectivity index (χ3v) is 5.13. The average Bonchev–Trinajstić information content (AvgIpc) is 2.36. The highest BCUT2D eigenvalue weighted by Gasteiger charge is 2.14. The Hall–Kier alpha value is -1.53. The lowest BCUT2D eigenvalue weighted by molar-refractivity contribution is 0.602. The van der Waals surface area contributed by atoms with Gasteiger partial charge in [0, 0.05) is 10.7 Å². The number of hydrogen-bond acceptors (Lipinski definition) is 4. The first kappa shape index (κ1) is 14.9. The fraction of sp³-hybridized carbons (Fsp3) is 0.143. The summed E-state index contributed by atoms with van der Waals surface area (Å²) in [6, 6.07) is 10.7. The lowest BCUT2D eigenvalue weighted by atomic mass is 10.2. The molecule has 0 spiro atoms. The first-order chi connectivity index (χ1) is 9.30. The van der Waals surface area contributed by atoms with Gasteiger partial charge in [-0.1, -0.05) is 18.2 Å². The maximum absolute atomic E-state index is 11.7. The highest BCUT2D eigenvalue weighted by atomic mass is 79.9. The van der Waals surface area contributed by atoms with Crippen LogP contribution in [0.1, 0.15) is 5.56 Å². The minimum absolute atomic E-state index is 0.131. The normalized spacial score (nSPS) is 11.3. The molecule has 0 radical (unpaired) electrons. The van der Waals surface area contributed by atoms with Gasteiger partial charge in [-0.25, -0.2) is 8.42 Å². The molecule has 0 saturated carbocycles. The maximum Gasteiger partial charge on any atom is 0.177 e. The molecule has 0 aliphatic heterocycles. The van der Waals surface area contributed by atoms with Crippen LogP contribution in [0.5, 0.6) is 0 Å². The zero-order valence-electron chi connectivity index (χ0n) is 11.1. The Kier molecular flexibility index (Phi) is 4.06. The van der Waals surface area contributed by atoms with Gasteiger partial charge in [-0.05, 0) is 46.6 Å². The number of halogens is 1. The van der Waals surface area contributed by atoms with Crippen LogP contribution >= 0.6 is 15.9 Å². The van der Waals surface area contributed by atoms with Crippen LogP contribution in [0.25, 0.3) is 0 Å². The van der Waals surface area contributed by atoms with E-state index in [4.69, 9.17) is 5.73 Å². The number of nitrogens with two attached hydrogens (primary N) is 1. The lowest BCUT2D eigenvalue weighted by Gasteiger charge is -2.14. The number of aryl methyl sites for hydroxylation is 1. The van der Waals surface area contributed by atoms with Crippen LogP contribution in [0.4, 0.5) is 17.1 Å². The van der Waals surface area contributed by atoms with E-state index < -0.39 is 9.84 Å². The zero-order chi connectivity index (χ0) is 14.9. The van der Waals surface area contributed by atoms with E-state index in [-0.39, 0.29) is 10.6 Å². The molecule has 20 heavy (non-hydrogen) atoms. The second-order valence-corrected chi connectivity index (χ2v) is 7.33. The Balaban J connectivity index is 2.48. The highest BCUT2D eigenvalue weighted by Crippen LogP contribution is 2.33. The zero-order valence-corrected chi connectivity index (χ0v) is 13.5. The molecular weight excluding hydrogens is 340 g/mol. The molecular formula is C14H15BrN2O2S. The summed E-state index contributed by atoms with van der Waals surface area (Å²) in [5.74, 6) is 0. The summed E-state index contributed by atoms with van der Waals surface area (Å²) < 4.78 is 24.2.